The van der Waals surface area contributed by atoms with Crippen LogP contribution in [0.15, 0.2) is 24.0 Å². The predicted octanol–water partition coefficient (Wildman–Crippen LogP) is 2.89. The second-order valence-electron chi connectivity index (χ2n) is 2.64. The van der Waals surface area contributed by atoms with E-state index in [0.717, 1.165) is 6.42 Å². The van der Waals surface area contributed by atoms with Crippen LogP contribution in [-0.4, -0.2) is 12.4 Å². The average Bonchev–Trinajstić information content (AvgIpc) is 2.72. The summed E-state index contributed by atoms with van der Waals surface area (Å²) in [5.41, 5.74) is 0. The minimum absolute atomic E-state index is 0.0607. The fourth-order valence-corrected chi connectivity index (χ4v) is 2.12. The van der Waals surface area contributed by atoms with Crippen molar-refractivity contribution in [3.63, 3.8) is 0 Å². The molecule has 1 aromatic heterocycles. The van der Waals surface area contributed by atoms with Gasteiger partial charge in [-0.05, 0) is 18.2 Å². The van der Waals surface area contributed by atoms with Crippen molar-refractivity contribution in [2.45, 2.75) is 6.42 Å². The Morgan fingerprint density at radius 3 is 2.92 bits per heavy atom. The van der Waals surface area contributed by atoms with Crippen molar-refractivity contribution in [3.8, 4) is 0 Å². The molecule has 0 spiro atoms. The van der Waals surface area contributed by atoms with Crippen LogP contribution in [0.3, 0.4) is 0 Å². The standard InChI is InChI=1S/C9H7ClO2S/c10-8-4-3-7(13-8)9(11)6-2-1-5-12-6/h2-4H,1,5H2. The van der Waals surface area contributed by atoms with Crippen LogP contribution in [0.5, 0.6) is 0 Å². The van der Waals surface area contributed by atoms with Gasteiger partial charge in [-0.25, -0.2) is 0 Å². The smallest absolute Gasteiger partial charge is 0.237 e. The lowest BCUT2D eigenvalue weighted by Gasteiger charge is -1.98. The molecule has 0 fully saturated rings. The fraction of sp³-hybridized carbons (Fsp3) is 0.222. The van der Waals surface area contributed by atoms with E-state index in [-0.39, 0.29) is 5.78 Å². The van der Waals surface area contributed by atoms with Crippen LogP contribution < -0.4 is 0 Å². The molecule has 0 saturated heterocycles. The molecule has 2 nitrogen and oxygen atoms in total. The molecule has 0 unspecified atom stereocenters. The first kappa shape index (κ1) is 8.78. The monoisotopic (exact) mass is 214 g/mol. The van der Waals surface area contributed by atoms with Gasteiger partial charge in [0.1, 0.15) is 0 Å². The molecule has 2 heterocycles. The molecule has 68 valence electrons. The average molecular weight is 215 g/mol. The highest BCUT2D eigenvalue weighted by atomic mass is 35.5. The molecule has 0 N–H and O–H groups in total. The number of ether oxygens (including phenoxy) is 1. The Kier molecular flexibility index (Phi) is 2.38. The first-order valence-corrected chi connectivity index (χ1v) is 5.10. The number of allylic oxidation sites excluding steroid dienone is 1. The maximum absolute atomic E-state index is 11.6. The normalized spacial score (nSPS) is 15.3. The van der Waals surface area contributed by atoms with Crippen LogP contribution in [0, 0.1) is 0 Å². The van der Waals surface area contributed by atoms with Gasteiger partial charge in [-0.15, -0.1) is 11.3 Å². The second-order valence-corrected chi connectivity index (χ2v) is 4.35. The van der Waals surface area contributed by atoms with Crippen LogP contribution >= 0.6 is 22.9 Å². The summed E-state index contributed by atoms with van der Waals surface area (Å²) in [5.74, 6) is 0.396. The third-order valence-electron chi connectivity index (χ3n) is 1.73. The van der Waals surface area contributed by atoms with E-state index in [9.17, 15) is 4.79 Å². The van der Waals surface area contributed by atoms with Gasteiger partial charge in [-0.1, -0.05) is 11.6 Å². The van der Waals surface area contributed by atoms with Gasteiger partial charge in [0, 0.05) is 6.42 Å². The van der Waals surface area contributed by atoms with Gasteiger partial charge in [0.15, 0.2) is 5.76 Å². The van der Waals surface area contributed by atoms with Crippen LogP contribution in [0.4, 0.5) is 0 Å². The van der Waals surface area contributed by atoms with Gasteiger partial charge in [-0.2, -0.15) is 0 Å². The summed E-state index contributed by atoms with van der Waals surface area (Å²) in [4.78, 5) is 12.3. The van der Waals surface area contributed by atoms with Gasteiger partial charge in [0.25, 0.3) is 0 Å². The van der Waals surface area contributed by atoms with Crippen molar-refractivity contribution in [3.05, 3.63) is 33.2 Å². The zero-order valence-corrected chi connectivity index (χ0v) is 8.32. The molecule has 4 heteroatoms. The molecular formula is C9H7ClO2S. The first-order valence-electron chi connectivity index (χ1n) is 3.90. The number of halogens is 1. The first-order chi connectivity index (χ1) is 6.27. The molecule has 0 aliphatic carbocycles. The summed E-state index contributed by atoms with van der Waals surface area (Å²) in [6.45, 7) is 0.611. The summed E-state index contributed by atoms with van der Waals surface area (Å²) in [7, 11) is 0. The Morgan fingerprint density at radius 2 is 2.38 bits per heavy atom. The van der Waals surface area contributed by atoms with E-state index in [1.165, 1.54) is 11.3 Å². The van der Waals surface area contributed by atoms with Crippen molar-refractivity contribution in [1.29, 1.82) is 0 Å². The molecule has 0 aromatic carbocycles. The molecule has 1 aromatic rings. The Hall–Kier alpha value is -0.800. The Morgan fingerprint density at radius 1 is 1.54 bits per heavy atom. The van der Waals surface area contributed by atoms with E-state index < -0.39 is 0 Å². The SMILES string of the molecule is O=C(C1=CCCO1)c1ccc(Cl)s1. The second kappa shape index (κ2) is 3.52. The largest absolute Gasteiger partial charge is 0.489 e. The number of hydrogen-bond donors (Lipinski definition) is 0. The molecule has 1 aliphatic rings. The lowest BCUT2D eigenvalue weighted by Crippen LogP contribution is -2.00. The number of rotatable bonds is 2. The van der Waals surface area contributed by atoms with Crippen molar-refractivity contribution < 1.29 is 9.53 Å². The lowest BCUT2D eigenvalue weighted by molar-refractivity contribution is 0.0946. The van der Waals surface area contributed by atoms with E-state index in [1.807, 2.05) is 6.08 Å². The van der Waals surface area contributed by atoms with E-state index in [1.54, 1.807) is 12.1 Å². The summed E-state index contributed by atoms with van der Waals surface area (Å²) in [6.07, 6.45) is 2.64. The van der Waals surface area contributed by atoms with Gasteiger partial charge >= 0.3 is 0 Å². The summed E-state index contributed by atoms with van der Waals surface area (Å²) < 4.78 is 5.78. The molecule has 0 bridgehead atoms. The summed E-state index contributed by atoms with van der Waals surface area (Å²) in [6, 6.07) is 3.44. The van der Waals surface area contributed by atoms with Gasteiger partial charge in [-0.3, -0.25) is 4.79 Å². The van der Waals surface area contributed by atoms with E-state index >= 15 is 0 Å². The number of hydrogen-bond acceptors (Lipinski definition) is 3. The number of thiophene rings is 1. The number of ketones is 1. The fourth-order valence-electron chi connectivity index (χ4n) is 1.13. The van der Waals surface area contributed by atoms with Crippen molar-refractivity contribution in [1.82, 2.24) is 0 Å². The predicted molar refractivity (Wildman–Crippen MR) is 52.3 cm³/mol. The maximum atomic E-state index is 11.6. The van der Waals surface area contributed by atoms with Crippen molar-refractivity contribution in [2.75, 3.05) is 6.61 Å². The zero-order chi connectivity index (χ0) is 9.26. The van der Waals surface area contributed by atoms with Crippen LogP contribution in [0.2, 0.25) is 4.34 Å². The van der Waals surface area contributed by atoms with Gasteiger partial charge < -0.3 is 4.74 Å². The molecule has 1 aliphatic heterocycles. The van der Waals surface area contributed by atoms with Gasteiger partial charge in [0.05, 0.1) is 15.8 Å². The molecule has 0 atom stereocenters. The number of carbonyl (C=O) groups excluding carboxylic acids is 1. The molecule has 0 saturated carbocycles. The molecular weight excluding hydrogens is 208 g/mol. The van der Waals surface area contributed by atoms with E-state index in [0.29, 0.717) is 21.6 Å². The number of Topliss-reactive ketones (excluding diaryl/α,β-unsaturated/α-hetero) is 1. The quantitative estimate of drug-likeness (QED) is 0.708. The maximum Gasteiger partial charge on any atom is 0.237 e. The highest BCUT2D eigenvalue weighted by Gasteiger charge is 2.18. The highest BCUT2D eigenvalue weighted by Crippen LogP contribution is 2.25. The van der Waals surface area contributed by atoms with Crippen LogP contribution in [-0.2, 0) is 4.74 Å². The minimum atomic E-state index is -0.0607. The minimum Gasteiger partial charge on any atom is -0.489 e. The summed E-state index contributed by atoms with van der Waals surface area (Å²) >= 11 is 6.99. The molecule has 2 rings (SSSR count). The topological polar surface area (TPSA) is 26.3 Å². The van der Waals surface area contributed by atoms with E-state index in [2.05, 4.69) is 0 Å². The van der Waals surface area contributed by atoms with Gasteiger partial charge in [0.2, 0.25) is 5.78 Å². The Balaban J connectivity index is 2.22. The molecule has 13 heavy (non-hydrogen) atoms. The van der Waals surface area contributed by atoms with Crippen molar-refractivity contribution in [2.24, 2.45) is 0 Å². The number of carbonyl (C=O) groups is 1. The highest BCUT2D eigenvalue weighted by molar-refractivity contribution is 7.18. The van der Waals surface area contributed by atoms with Crippen LogP contribution in [0.25, 0.3) is 0 Å². The van der Waals surface area contributed by atoms with Crippen LogP contribution in [0.1, 0.15) is 16.1 Å². The summed E-state index contributed by atoms with van der Waals surface area (Å²) in [5, 5.41) is 0. The zero-order valence-electron chi connectivity index (χ0n) is 6.75. The van der Waals surface area contributed by atoms with E-state index in [4.69, 9.17) is 16.3 Å². The molecule has 0 radical (unpaired) electrons. The van der Waals surface area contributed by atoms with Crippen molar-refractivity contribution >= 4 is 28.7 Å². The third kappa shape index (κ3) is 1.76. The third-order valence-corrected chi connectivity index (χ3v) is 2.96. The molecule has 0 amide bonds. The Bertz CT molecular complexity index is 367. The Labute approximate surface area is 84.8 Å². The lowest BCUT2D eigenvalue weighted by atomic mass is 10.2.